The van der Waals surface area contributed by atoms with E-state index < -0.39 is 16.1 Å². The van der Waals surface area contributed by atoms with Gasteiger partial charge in [0.1, 0.15) is 0 Å². The van der Waals surface area contributed by atoms with Gasteiger partial charge >= 0.3 is 0 Å². The minimum Gasteiger partial charge on any atom is -0.393 e. The van der Waals surface area contributed by atoms with Crippen molar-refractivity contribution in [1.82, 2.24) is 4.72 Å². The Labute approximate surface area is 103 Å². The van der Waals surface area contributed by atoms with E-state index in [9.17, 15) is 13.5 Å². The van der Waals surface area contributed by atoms with Crippen LogP contribution >= 0.6 is 0 Å². The molecule has 2 N–H and O–H groups in total. The van der Waals surface area contributed by atoms with E-state index in [0.717, 1.165) is 5.56 Å². The molecule has 0 aromatic heterocycles. The van der Waals surface area contributed by atoms with Gasteiger partial charge in [0, 0.05) is 6.54 Å². The van der Waals surface area contributed by atoms with E-state index in [4.69, 9.17) is 0 Å². The zero-order valence-electron chi connectivity index (χ0n) is 10.2. The van der Waals surface area contributed by atoms with Gasteiger partial charge in [-0.2, -0.15) is 0 Å². The van der Waals surface area contributed by atoms with Gasteiger partial charge in [0.05, 0.1) is 11.0 Å². The molecule has 17 heavy (non-hydrogen) atoms. The third kappa shape index (κ3) is 4.11. The first-order valence-electron chi connectivity index (χ1n) is 5.70. The molecule has 96 valence electrons. The molecule has 0 aliphatic heterocycles. The van der Waals surface area contributed by atoms with Gasteiger partial charge < -0.3 is 5.11 Å². The van der Waals surface area contributed by atoms with Crippen LogP contribution in [-0.4, -0.2) is 26.2 Å². The summed E-state index contributed by atoms with van der Waals surface area (Å²) in [6, 6.07) is 6.83. The van der Waals surface area contributed by atoms with Gasteiger partial charge in [-0.3, -0.25) is 0 Å². The summed E-state index contributed by atoms with van der Waals surface area (Å²) < 4.78 is 26.4. The molecule has 0 radical (unpaired) electrons. The van der Waals surface area contributed by atoms with Crippen molar-refractivity contribution in [2.24, 2.45) is 0 Å². The lowest BCUT2D eigenvalue weighted by Gasteiger charge is -2.11. The molecule has 0 fully saturated rings. The lowest BCUT2D eigenvalue weighted by atomic mass is 10.2. The van der Waals surface area contributed by atoms with Crippen LogP contribution in [0.5, 0.6) is 0 Å². The van der Waals surface area contributed by atoms with Crippen molar-refractivity contribution in [3.63, 3.8) is 0 Å². The topological polar surface area (TPSA) is 66.4 Å². The maximum atomic E-state index is 11.9. The third-order valence-electron chi connectivity index (χ3n) is 2.62. The highest BCUT2D eigenvalue weighted by atomic mass is 32.2. The Morgan fingerprint density at radius 2 is 2.00 bits per heavy atom. The van der Waals surface area contributed by atoms with Crippen LogP contribution in [0, 0.1) is 6.92 Å². The van der Waals surface area contributed by atoms with Gasteiger partial charge in [-0.1, -0.05) is 25.1 Å². The van der Waals surface area contributed by atoms with Gasteiger partial charge in [-0.25, -0.2) is 13.1 Å². The molecule has 1 rings (SSSR count). The molecular weight excluding hydrogens is 238 g/mol. The van der Waals surface area contributed by atoms with Crippen LogP contribution in [0.25, 0.3) is 0 Å². The zero-order chi connectivity index (χ0) is 12.9. The maximum absolute atomic E-state index is 11.9. The van der Waals surface area contributed by atoms with Crippen LogP contribution in [0.3, 0.4) is 0 Å². The summed E-state index contributed by atoms with van der Waals surface area (Å²) in [5, 5.41) is 9.35. The SMILES string of the molecule is CCC(O)CCNS(=O)(=O)c1ccccc1C. The molecule has 0 saturated heterocycles. The summed E-state index contributed by atoms with van der Waals surface area (Å²) in [5.41, 5.74) is 0.719. The third-order valence-corrected chi connectivity index (χ3v) is 4.25. The van der Waals surface area contributed by atoms with Crippen LogP contribution in [0.4, 0.5) is 0 Å². The lowest BCUT2D eigenvalue weighted by molar-refractivity contribution is 0.162. The van der Waals surface area contributed by atoms with Crippen molar-refractivity contribution in [3.05, 3.63) is 29.8 Å². The number of sulfonamides is 1. The molecule has 1 unspecified atom stereocenters. The highest BCUT2D eigenvalue weighted by Crippen LogP contribution is 2.13. The van der Waals surface area contributed by atoms with E-state index in [0.29, 0.717) is 17.7 Å². The average Bonchev–Trinajstić information content (AvgIpc) is 2.28. The fourth-order valence-corrected chi connectivity index (χ4v) is 2.79. The number of aliphatic hydroxyl groups excluding tert-OH is 1. The molecule has 0 aliphatic rings. The largest absolute Gasteiger partial charge is 0.393 e. The van der Waals surface area contributed by atoms with Crippen molar-refractivity contribution in [2.45, 2.75) is 37.7 Å². The molecule has 1 atom stereocenters. The van der Waals surface area contributed by atoms with Crippen LogP contribution in [-0.2, 0) is 10.0 Å². The first kappa shape index (κ1) is 14.2. The summed E-state index contributed by atoms with van der Waals surface area (Å²) >= 11 is 0. The second-order valence-corrected chi connectivity index (χ2v) is 5.75. The van der Waals surface area contributed by atoms with Crippen molar-refractivity contribution >= 4 is 10.0 Å². The normalized spacial score (nSPS) is 13.6. The predicted octanol–water partition coefficient (Wildman–Crippen LogP) is 1.43. The van der Waals surface area contributed by atoms with Gasteiger partial charge in [-0.05, 0) is 31.4 Å². The monoisotopic (exact) mass is 257 g/mol. The standard InChI is InChI=1S/C12H19NO3S/c1-3-11(14)8-9-13-17(15,16)12-7-5-4-6-10(12)2/h4-7,11,13-14H,3,8-9H2,1-2H3. The summed E-state index contributed by atoms with van der Waals surface area (Å²) in [5.74, 6) is 0. The van der Waals surface area contributed by atoms with Crippen molar-refractivity contribution in [1.29, 1.82) is 0 Å². The van der Waals surface area contributed by atoms with Gasteiger partial charge in [0.2, 0.25) is 10.0 Å². The van der Waals surface area contributed by atoms with Crippen molar-refractivity contribution in [3.8, 4) is 0 Å². The van der Waals surface area contributed by atoms with Crippen LogP contribution < -0.4 is 4.72 Å². The molecule has 1 aromatic rings. The number of aryl methyl sites for hydroxylation is 1. The first-order valence-corrected chi connectivity index (χ1v) is 7.19. The second kappa shape index (κ2) is 6.14. The summed E-state index contributed by atoms with van der Waals surface area (Å²) in [7, 11) is -3.46. The number of benzene rings is 1. The van der Waals surface area contributed by atoms with E-state index >= 15 is 0 Å². The van der Waals surface area contributed by atoms with Crippen LogP contribution in [0.2, 0.25) is 0 Å². The molecule has 0 amide bonds. The molecule has 4 nitrogen and oxygen atoms in total. The van der Waals surface area contributed by atoms with E-state index in [1.54, 1.807) is 31.2 Å². The summed E-state index contributed by atoms with van der Waals surface area (Å²) in [6.07, 6.45) is 0.614. The molecular formula is C12H19NO3S. The molecule has 0 aliphatic carbocycles. The van der Waals surface area contributed by atoms with Crippen LogP contribution in [0.1, 0.15) is 25.3 Å². The molecule has 1 aromatic carbocycles. The molecule has 5 heteroatoms. The van der Waals surface area contributed by atoms with E-state index in [2.05, 4.69) is 4.72 Å². The fourth-order valence-electron chi connectivity index (χ4n) is 1.50. The number of nitrogens with one attached hydrogen (secondary N) is 1. The summed E-state index contributed by atoms with van der Waals surface area (Å²) in [4.78, 5) is 0.297. The maximum Gasteiger partial charge on any atom is 0.240 e. The predicted molar refractivity (Wildman–Crippen MR) is 67.3 cm³/mol. The van der Waals surface area contributed by atoms with Gasteiger partial charge in [-0.15, -0.1) is 0 Å². The number of hydrogen-bond acceptors (Lipinski definition) is 3. The Morgan fingerprint density at radius 3 is 2.59 bits per heavy atom. The van der Waals surface area contributed by atoms with E-state index in [1.165, 1.54) is 0 Å². The number of rotatable bonds is 6. The average molecular weight is 257 g/mol. The minimum atomic E-state index is -3.46. The van der Waals surface area contributed by atoms with Crippen LogP contribution in [0.15, 0.2) is 29.2 Å². The smallest absolute Gasteiger partial charge is 0.240 e. The zero-order valence-corrected chi connectivity index (χ0v) is 11.0. The van der Waals surface area contributed by atoms with Gasteiger partial charge in [0.15, 0.2) is 0 Å². The second-order valence-electron chi connectivity index (χ2n) is 4.01. The minimum absolute atomic E-state index is 0.256. The van der Waals surface area contributed by atoms with Crippen molar-refractivity contribution < 1.29 is 13.5 Å². The number of hydrogen-bond donors (Lipinski definition) is 2. The Kier molecular flexibility index (Phi) is 5.11. The van der Waals surface area contributed by atoms with E-state index in [-0.39, 0.29) is 6.54 Å². The molecule has 0 spiro atoms. The van der Waals surface area contributed by atoms with Crippen molar-refractivity contribution in [2.75, 3.05) is 6.54 Å². The molecule has 0 heterocycles. The quantitative estimate of drug-likeness (QED) is 0.810. The number of aliphatic hydroxyl groups is 1. The van der Waals surface area contributed by atoms with E-state index in [1.807, 2.05) is 6.92 Å². The molecule has 0 saturated carbocycles. The van der Waals surface area contributed by atoms with Gasteiger partial charge in [0.25, 0.3) is 0 Å². The highest BCUT2D eigenvalue weighted by Gasteiger charge is 2.15. The highest BCUT2D eigenvalue weighted by molar-refractivity contribution is 7.89. The Bertz CT molecular complexity index is 457. The summed E-state index contributed by atoms with van der Waals surface area (Å²) in [6.45, 7) is 3.88. The Morgan fingerprint density at radius 1 is 1.35 bits per heavy atom. The fraction of sp³-hybridized carbons (Fsp3) is 0.500. The Balaban J connectivity index is 2.67. The lowest BCUT2D eigenvalue weighted by Crippen LogP contribution is -2.27. The first-order chi connectivity index (χ1) is 7.97. The Hall–Kier alpha value is -0.910. The molecule has 0 bridgehead atoms.